The number of nitrogens with zero attached hydrogens (tertiary/aromatic N) is 2. The van der Waals surface area contributed by atoms with Gasteiger partial charge in [-0.2, -0.15) is 0 Å². The first-order valence-corrected chi connectivity index (χ1v) is 15.1. The van der Waals surface area contributed by atoms with Gasteiger partial charge < -0.3 is 7.43 Å². The van der Waals surface area contributed by atoms with Crippen molar-refractivity contribution in [3.63, 3.8) is 0 Å². The number of halogens is 2. The summed E-state index contributed by atoms with van der Waals surface area (Å²) in [7, 11) is 10.9. The summed E-state index contributed by atoms with van der Waals surface area (Å²) in [6.07, 6.45) is 7.23. The molecule has 0 bridgehead atoms. The topological polar surface area (TPSA) is 25.8 Å². The molecule has 0 radical (unpaired) electrons. The SMILES string of the molecule is CC(C)=C=[C]=[Ru]([Cl])[Cl].[CH3-].c1ccc(-c2ccncc2)cc1.c1ccc(-c2ccncc2)cc1. The van der Waals surface area contributed by atoms with Gasteiger partial charge in [0.1, 0.15) is 0 Å². The molecule has 0 fully saturated rings. The maximum atomic E-state index is 5.44. The number of allylic oxidation sites excluding steroid dienone is 1. The molecule has 0 amide bonds. The molecule has 2 nitrogen and oxygen atoms in total. The molecule has 0 N–H and O–H groups in total. The molecule has 4 rings (SSSR count). The molecule has 0 saturated heterocycles. The molecule has 4 aromatic rings. The van der Waals surface area contributed by atoms with Gasteiger partial charge in [-0.05, 0) is 46.5 Å². The van der Waals surface area contributed by atoms with Gasteiger partial charge in [-0.15, -0.1) is 0 Å². The van der Waals surface area contributed by atoms with Crippen LogP contribution in [0.4, 0.5) is 0 Å². The van der Waals surface area contributed by atoms with Crippen molar-refractivity contribution in [2.75, 3.05) is 0 Å². The minimum Gasteiger partial charge on any atom is -0.358 e. The van der Waals surface area contributed by atoms with Gasteiger partial charge in [0, 0.05) is 24.8 Å². The van der Waals surface area contributed by atoms with Crippen LogP contribution in [-0.4, -0.2) is 14.2 Å². The molecule has 2 aromatic heterocycles. The number of pyridine rings is 2. The molecule has 2 heterocycles. The Kier molecular flexibility index (Phi) is 14.6. The minimum atomic E-state index is -1.70. The van der Waals surface area contributed by atoms with E-state index in [9.17, 15) is 0 Å². The van der Waals surface area contributed by atoms with Gasteiger partial charge in [0.15, 0.2) is 0 Å². The van der Waals surface area contributed by atoms with Crippen molar-refractivity contribution in [1.82, 2.24) is 9.97 Å². The zero-order valence-corrected chi connectivity index (χ0v) is 22.1. The van der Waals surface area contributed by atoms with Crippen LogP contribution in [0.25, 0.3) is 22.3 Å². The molecule has 2 aromatic carbocycles. The summed E-state index contributed by atoms with van der Waals surface area (Å²) in [5.41, 5.74) is 8.77. The van der Waals surface area contributed by atoms with E-state index in [1.807, 2.05) is 99.3 Å². The number of hydrogen-bond acceptors (Lipinski definition) is 2. The first-order chi connectivity index (χ1) is 15.6. The number of hydrogen-bond donors (Lipinski definition) is 0. The van der Waals surface area contributed by atoms with E-state index in [1.54, 1.807) is 0 Å². The molecule has 0 atom stereocenters. The maximum absolute atomic E-state index is 5.44. The number of aromatic nitrogens is 2. The van der Waals surface area contributed by atoms with Gasteiger partial charge in [0.2, 0.25) is 0 Å². The minimum absolute atomic E-state index is 0. The van der Waals surface area contributed by atoms with Gasteiger partial charge in [-0.3, -0.25) is 9.97 Å². The summed E-state index contributed by atoms with van der Waals surface area (Å²) < 4.78 is 2.73. The second-order valence-electron chi connectivity index (χ2n) is 6.60. The van der Waals surface area contributed by atoms with E-state index in [0.29, 0.717) is 0 Å². The van der Waals surface area contributed by atoms with Gasteiger partial charge in [0.25, 0.3) is 0 Å². The summed E-state index contributed by atoms with van der Waals surface area (Å²) in [5.74, 6) is 0. The summed E-state index contributed by atoms with van der Waals surface area (Å²) in [6, 6.07) is 28.6. The Hall–Kier alpha value is -2.63. The van der Waals surface area contributed by atoms with E-state index in [2.05, 4.69) is 44.2 Å². The Bertz CT molecular complexity index is 976. The fourth-order valence-electron chi connectivity index (χ4n) is 2.47. The molecular formula is C28H27Cl2N2Ru-. The average molecular weight is 564 g/mol. The fourth-order valence-corrected chi connectivity index (χ4v) is 3.47. The van der Waals surface area contributed by atoms with Crippen LogP contribution in [0.5, 0.6) is 0 Å². The summed E-state index contributed by atoms with van der Waals surface area (Å²) >= 11 is -1.70. The molecule has 0 unspecified atom stereocenters. The second kappa shape index (κ2) is 16.9. The Morgan fingerprint density at radius 3 is 1.21 bits per heavy atom. The Morgan fingerprint density at radius 2 is 0.939 bits per heavy atom. The zero-order valence-electron chi connectivity index (χ0n) is 18.9. The van der Waals surface area contributed by atoms with Crippen molar-refractivity contribution < 1.29 is 13.5 Å². The third kappa shape index (κ3) is 12.3. The number of benzene rings is 2. The zero-order chi connectivity index (χ0) is 23.0. The van der Waals surface area contributed by atoms with E-state index in [-0.39, 0.29) is 7.43 Å². The van der Waals surface area contributed by atoms with Crippen LogP contribution in [0, 0.1) is 7.43 Å². The maximum Gasteiger partial charge on any atom is 0.0273 e. The van der Waals surface area contributed by atoms with Crippen molar-refractivity contribution in [2.24, 2.45) is 0 Å². The molecule has 0 spiro atoms. The van der Waals surface area contributed by atoms with Crippen molar-refractivity contribution in [2.45, 2.75) is 13.8 Å². The van der Waals surface area contributed by atoms with Crippen LogP contribution in [-0.2, 0) is 13.5 Å². The van der Waals surface area contributed by atoms with Gasteiger partial charge in [0.05, 0.1) is 0 Å². The van der Waals surface area contributed by atoms with Crippen LogP contribution in [0.3, 0.4) is 0 Å². The molecule has 172 valence electrons. The van der Waals surface area contributed by atoms with Crippen LogP contribution in [0.1, 0.15) is 13.8 Å². The van der Waals surface area contributed by atoms with Crippen molar-refractivity contribution in [3.8, 4) is 22.3 Å². The first-order valence-electron chi connectivity index (χ1n) is 9.79. The standard InChI is InChI=1S/2C11H9N.C5H6.CH3.2ClH.Ru/c2*1-2-4-10(5-3-1)11-6-8-12-9-7-11;1-4-5(2)3;;;;/h2*1-9H;2-3H3;1H3;2*1H;/q;;;-1;;;+2/p-2. The predicted octanol–water partition coefficient (Wildman–Crippen LogP) is 8.38. The molecule has 0 saturated carbocycles. The third-order valence-corrected chi connectivity index (χ3v) is 5.27. The van der Waals surface area contributed by atoms with Crippen LogP contribution in [0.15, 0.2) is 121 Å². The van der Waals surface area contributed by atoms with E-state index < -0.39 is 13.5 Å². The predicted molar refractivity (Wildman–Crippen MR) is 141 cm³/mol. The van der Waals surface area contributed by atoms with Crippen molar-refractivity contribution in [1.29, 1.82) is 0 Å². The number of rotatable bonds is 2. The first kappa shape index (κ1) is 28.4. The third-order valence-electron chi connectivity index (χ3n) is 3.94. The van der Waals surface area contributed by atoms with E-state index in [0.717, 1.165) is 5.57 Å². The molecule has 5 heteroatoms. The Balaban J connectivity index is 0.000000250. The summed E-state index contributed by atoms with van der Waals surface area (Å²) in [4.78, 5) is 7.94. The monoisotopic (exact) mass is 563 g/mol. The van der Waals surface area contributed by atoms with Crippen LogP contribution >= 0.6 is 19.4 Å². The normalized spacial score (nSPS) is 9.27. The van der Waals surface area contributed by atoms with Gasteiger partial charge in [-0.1, -0.05) is 60.7 Å². The van der Waals surface area contributed by atoms with E-state index in [4.69, 9.17) is 19.4 Å². The summed E-state index contributed by atoms with van der Waals surface area (Å²) in [6.45, 7) is 3.86. The second-order valence-corrected chi connectivity index (χ2v) is 11.9. The average Bonchev–Trinajstić information content (AvgIpc) is 2.86. The van der Waals surface area contributed by atoms with Crippen LogP contribution < -0.4 is 0 Å². The smallest absolute Gasteiger partial charge is 0.0273 e. The Labute approximate surface area is 210 Å². The quantitative estimate of drug-likeness (QED) is 0.139. The van der Waals surface area contributed by atoms with Crippen LogP contribution in [0.2, 0.25) is 0 Å². The molecule has 33 heavy (non-hydrogen) atoms. The molecule has 0 aliphatic carbocycles. The van der Waals surface area contributed by atoms with Crippen molar-refractivity contribution in [3.05, 3.63) is 128 Å². The molecule has 0 aliphatic rings. The van der Waals surface area contributed by atoms with Crippen molar-refractivity contribution >= 4 is 23.6 Å². The van der Waals surface area contributed by atoms with Gasteiger partial charge in [-0.25, -0.2) is 0 Å². The van der Waals surface area contributed by atoms with E-state index >= 15 is 0 Å². The Morgan fingerprint density at radius 1 is 0.606 bits per heavy atom. The largest absolute Gasteiger partial charge is 0.358 e. The molecule has 0 aliphatic heterocycles. The summed E-state index contributed by atoms with van der Waals surface area (Å²) in [5, 5.41) is 0. The van der Waals surface area contributed by atoms with Gasteiger partial charge >= 0.3 is 62.3 Å². The fraction of sp³-hybridized carbons (Fsp3) is 0.0714. The van der Waals surface area contributed by atoms with E-state index in [1.165, 1.54) is 22.3 Å². The molecular weight excluding hydrogens is 536 g/mol.